The quantitative estimate of drug-likeness (QED) is 0.937. The molecule has 22 heavy (non-hydrogen) atoms. The van der Waals surface area contributed by atoms with Gasteiger partial charge in [-0.1, -0.05) is 12.1 Å². The number of aromatic nitrogens is 2. The SMILES string of the molecule is C[C@@H]1CN(C(=O)Cc2ccc(-n3cccn3)cc2)C[C@@H](C)N1. The summed E-state index contributed by atoms with van der Waals surface area (Å²) in [4.78, 5) is 14.4. The second kappa shape index (κ2) is 6.32. The fourth-order valence-electron chi connectivity index (χ4n) is 3.00. The number of amides is 1. The number of hydrogen-bond acceptors (Lipinski definition) is 3. The molecular weight excluding hydrogens is 276 g/mol. The molecule has 1 aromatic carbocycles. The normalized spacial score (nSPS) is 21.8. The highest BCUT2D eigenvalue weighted by Crippen LogP contribution is 2.12. The predicted octanol–water partition coefficient (Wildman–Crippen LogP) is 1.62. The maximum absolute atomic E-state index is 12.5. The number of benzene rings is 1. The van der Waals surface area contributed by atoms with Gasteiger partial charge in [0.2, 0.25) is 5.91 Å². The van der Waals surface area contributed by atoms with Crippen molar-refractivity contribution in [3.63, 3.8) is 0 Å². The van der Waals surface area contributed by atoms with Crippen molar-refractivity contribution in [1.82, 2.24) is 20.0 Å². The number of nitrogens with one attached hydrogen (secondary N) is 1. The molecule has 1 aliphatic heterocycles. The van der Waals surface area contributed by atoms with E-state index in [0.717, 1.165) is 24.3 Å². The first kappa shape index (κ1) is 14.8. The Morgan fingerprint density at radius 2 is 1.91 bits per heavy atom. The summed E-state index contributed by atoms with van der Waals surface area (Å²) < 4.78 is 1.81. The van der Waals surface area contributed by atoms with Crippen molar-refractivity contribution in [1.29, 1.82) is 0 Å². The topological polar surface area (TPSA) is 50.2 Å². The molecule has 1 aromatic heterocycles. The number of hydrogen-bond donors (Lipinski definition) is 1. The molecule has 0 saturated carbocycles. The van der Waals surface area contributed by atoms with Crippen LogP contribution in [-0.2, 0) is 11.2 Å². The van der Waals surface area contributed by atoms with E-state index in [1.165, 1.54) is 0 Å². The van der Waals surface area contributed by atoms with Crippen LogP contribution < -0.4 is 5.32 Å². The van der Waals surface area contributed by atoms with Crippen LogP contribution >= 0.6 is 0 Å². The fraction of sp³-hybridized carbons (Fsp3) is 0.412. The third kappa shape index (κ3) is 3.36. The average Bonchev–Trinajstić information content (AvgIpc) is 3.01. The third-order valence-corrected chi connectivity index (χ3v) is 3.97. The van der Waals surface area contributed by atoms with Crippen LogP contribution in [0, 0.1) is 0 Å². The van der Waals surface area contributed by atoms with Crippen LogP contribution in [0.3, 0.4) is 0 Å². The van der Waals surface area contributed by atoms with Crippen molar-refractivity contribution >= 4 is 5.91 Å². The summed E-state index contributed by atoms with van der Waals surface area (Å²) in [7, 11) is 0. The standard InChI is InChI=1S/C17H22N4O/c1-13-11-20(12-14(2)19-13)17(22)10-15-4-6-16(7-5-15)21-9-3-8-18-21/h3-9,13-14,19H,10-12H2,1-2H3/t13-,14-/m1/s1. The van der Waals surface area contributed by atoms with Crippen molar-refractivity contribution in [3.05, 3.63) is 48.3 Å². The maximum Gasteiger partial charge on any atom is 0.227 e. The summed E-state index contributed by atoms with van der Waals surface area (Å²) in [6.45, 7) is 5.81. The lowest BCUT2D eigenvalue weighted by molar-refractivity contribution is -0.132. The van der Waals surface area contributed by atoms with Crippen LogP contribution in [0.15, 0.2) is 42.7 Å². The highest BCUT2D eigenvalue weighted by Gasteiger charge is 2.24. The first-order valence-electron chi connectivity index (χ1n) is 7.74. The van der Waals surface area contributed by atoms with Crippen LogP contribution in [0.5, 0.6) is 0 Å². The van der Waals surface area contributed by atoms with Crippen LogP contribution in [0.4, 0.5) is 0 Å². The van der Waals surface area contributed by atoms with Crippen molar-refractivity contribution in [2.75, 3.05) is 13.1 Å². The molecular formula is C17H22N4O. The first-order valence-corrected chi connectivity index (χ1v) is 7.74. The second-order valence-corrected chi connectivity index (χ2v) is 6.06. The summed E-state index contributed by atoms with van der Waals surface area (Å²) in [6, 6.07) is 10.6. The number of nitrogens with zero attached hydrogens (tertiary/aromatic N) is 3. The zero-order valence-electron chi connectivity index (χ0n) is 13.1. The number of carbonyl (C=O) groups is 1. The maximum atomic E-state index is 12.5. The molecule has 5 nitrogen and oxygen atoms in total. The summed E-state index contributed by atoms with van der Waals surface area (Å²) >= 11 is 0. The average molecular weight is 298 g/mol. The molecule has 2 atom stereocenters. The van der Waals surface area contributed by atoms with Gasteiger partial charge in [-0.2, -0.15) is 5.10 Å². The molecule has 0 bridgehead atoms. The second-order valence-electron chi connectivity index (χ2n) is 6.06. The molecule has 1 aliphatic rings. The predicted molar refractivity (Wildman–Crippen MR) is 85.9 cm³/mol. The minimum atomic E-state index is 0.201. The van der Waals surface area contributed by atoms with Gasteiger partial charge in [0.1, 0.15) is 0 Å². The first-order chi connectivity index (χ1) is 10.6. The van der Waals surface area contributed by atoms with Gasteiger partial charge in [0, 0.05) is 37.6 Å². The van der Waals surface area contributed by atoms with Gasteiger partial charge in [-0.3, -0.25) is 4.79 Å². The number of piperazine rings is 1. The molecule has 1 N–H and O–H groups in total. The molecule has 5 heteroatoms. The van der Waals surface area contributed by atoms with Crippen LogP contribution in [-0.4, -0.2) is 45.8 Å². The Kier molecular flexibility index (Phi) is 4.24. The Morgan fingerprint density at radius 3 is 2.50 bits per heavy atom. The lowest BCUT2D eigenvalue weighted by Crippen LogP contribution is -2.56. The summed E-state index contributed by atoms with van der Waals surface area (Å²) in [5.74, 6) is 0.201. The number of rotatable bonds is 3. The molecule has 1 fully saturated rings. The minimum absolute atomic E-state index is 0.201. The molecule has 1 amide bonds. The van der Waals surface area contributed by atoms with Crippen LogP contribution in [0.2, 0.25) is 0 Å². The van der Waals surface area contributed by atoms with Crippen molar-refractivity contribution in [3.8, 4) is 5.69 Å². The van der Waals surface area contributed by atoms with E-state index < -0.39 is 0 Å². The molecule has 0 unspecified atom stereocenters. The van der Waals surface area contributed by atoms with E-state index in [2.05, 4.69) is 24.3 Å². The van der Waals surface area contributed by atoms with Gasteiger partial charge < -0.3 is 10.2 Å². The van der Waals surface area contributed by atoms with Crippen molar-refractivity contribution in [2.24, 2.45) is 0 Å². The monoisotopic (exact) mass is 298 g/mol. The zero-order chi connectivity index (χ0) is 15.5. The van der Waals surface area contributed by atoms with Gasteiger partial charge in [0.15, 0.2) is 0 Å². The third-order valence-electron chi connectivity index (χ3n) is 3.97. The van der Waals surface area contributed by atoms with E-state index in [4.69, 9.17) is 0 Å². The van der Waals surface area contributed by atoms with Crippen molar-refractivity contribution < 1.29 is 4.79 Å². The lowest BCUT2D eigenvalue weighted by Gasteiger charge is -2.36. The Bertz CT molecular complexity index is 611. The summed E-state index contributed by atoms with van der Waals surface area (Å²) in [5, 5.41) is 7.65. The van der Waals surface area contributed by atoms with E-state index in [-0.39, 0.29) is 5.91 Å². The van der Waals surface area contributed by atoms with Crippen LogP contribution in [0.1, 0.15) is 19.4 Å². The molecule has 2 aromatic rings. The Hall–Kier alpha value is -2.14. The largest absolute Gasteiger partial charge is 0.339 e. The molecule has 2 heterocycles. The van der Waals surface area contributed by atoms with Gasteiger partial charge in [-0.25, -0.2) is 4.68 Å². The summed E-state index contributed by atoms with van der Waals surface area (Å²) in [6.07, 6.45) is 4.12. The van der Waals surface area contributed by atoms with E-state index >= 15 is 0 Å². The summed E-state index contributed by atoms with van der Waals surface area (Å²) in [5.41, 5.74) is 2.05. The Labute approximate surface area is 130 Å². The lowest BCUT2D eigenvalue weighted by atomic mass is 10.1. The van der Waals surface area contributed by atoms with E-state index in [9.17, 15) is 4.79 Å². The molecule has 116 valence electrons. The Morgan fingerprint density at radius 1 is 1.23 bits per heavy atom. The van der Waals surface area contributed by atoms with Crippen LogP contribution in [0.25, 0.3) is 5.69 Å². The van der Waals surface area contributed by atoms with E-state index in [1.54, 1.807) is 6.20 Å². The highest BCUT2D eigenvalue weighted by atomic mass is 16.2. The molecule has 0 spiro atoms. The van der Waals surface area contributed by atoms with Gasteiger partial charge in [-0.05, 0) is 37.6 Å². The van der Waals surface area contributed by atoms with Gasteiger partial charge in [0.25, 0.3) is 0 Å². The van der Waals surface area contributed by atoms with Gasteiger partial charge in [-0.15, -0.1) is 0 Å². The van der Waals surface area contributed by atoms with Gasteiger partial charge in [0.05, 0.1) is 12.1 Å². The minimum Gasteiger partial charge on any atom is -0.339 e. The molecule has 3 rings (SSSR count). The molecule has 1 saturated heterocycles. The smallest absolute Gasteiger partial charge is 0.227 e. The van der Waals surface area contributed by atoms with E-state index in [1.807, 2.05) is 46.1 Å². The fourth-order valence-corrected chi connectivity index (χ4v) is 3.00. The molecule has 0 radical (unpaired) electrons. The number of carbonyl (C=O) groups excluding carboxylic acids is 1. The van der Waals surface area contributed by atoms with E-state index in [0.29, 0.717) is 18.5 Å². The highest BCUT2D eigenvalue weighted by molar-refractivity contribution is 5.79. The van der Waals surface area contributed by atoms with Crippen molar-refractivity contribution in [2.45, 2.75) is 32.4 Å². The zero-order valence-corrected chi connectivity index (χ0v) is 13.1. The van der Waals surface area contributed by atoms with Gasteiger partial charge >= 0.3 is 0 Å². The molecule has 0 aliphatic carbocycles. The Balaban J connectivity index is 1.64.